The van der Waals surface area contributed by atoms with Gasteiger partial charge in [0.05, 0.1) is 0 Å². The molecule has 1 atom stereocenters. The molecular weight excluding hydrogens is 375 g/mol. The molecule has 2 N–H and O–H groups in total. The summed E-state index contributed by atoms with van der Waals surface area (Å²) in [7, 11) is -0.103. The molecule has 2 saturated heterocycles. The van der Waals surface area contributed by atoms with Crippen LogP contribution in [0.2, 0.25) is 0 Å². The molecular formula is C17H25FN4O4S. The predicted molar refractivity (Wildman–Crippen MR) is 99.3 cm³/mol. The molecule has 1 unspecified atom stereocenters. The first-order valence-corrected chi connectivity index (χ1v) is 10.3. The summed E-state index contributed by atoms with van der Waals surface area (Å²) in [5.41, 5.74) is 0.125. The average Bonchev–Trinajstić information content (AvgIpc) is 3.08. The predicted octanol–water partition coefficient (Wildman–Crippen LogP) is 0.138. The quantitative estimate of drug-likeness (QED) is 0.706. The molecule has 2 aliphatic heterocycles. The van der Waals surface area contributed by atoms with Crippen LogP contribution < -0.4 is 9.03 Å². The van der Waals surface area contributed by atoms with Gasteiger partial charge >= 0.3 is 10.2 Å². The van der Waals surface area contributed by atoms with Gasteiger partial charge in [0.1, 0.15) is 18.0 Å². The Morgan fingerprint density at radius 2 is 2.11 bits per heavy atom. The summed E-state index contributed by atoms with van der Waals surface area (Å²) in [6, 6.07) is 2.63. The number of nitrogens with one attached hydrogen (secondary N) is 1. The average molecular weight is 400 g/mol. The van der Waals surface area contributed by atoms with E-state index in [1.165, 1.54) is 12.1 Å². The van der Waals surface area contributed by atoms with Crippen molar-refractivity contribution in [3.8, 4) is 5.75 Å². The highest BCUT2D eigenvalue weighted by Crippen LogP contribution is 2.35. The summed E-state index contributed by atoms with van der Waals surface area (Å²) in [4.78, 5) is 15.8. The normalized spacial score (nSPS) is 22.6. The standard InChI is InChI=1S/C17H25FN4O4S/c1-20(2)5-6-21-4-3-12(10-21)7-13-8-14(18)17(15(23)9-13)22-11-16(24)19-27(22,25)26/h8-9,12,23H,3-7,10-11H2,1-2H3,(H,19,24). The van der Waals surface area contributed by atoms with Gasteiger partial charge in [-0.2, -0.15) is 8.42 Å². The zero-order chi connectivity index (χ0) is 19.8. The minimum Gasteiger partial charge on any atom is -0.506 e. The molecule has 8 nitrogen and oxygen atoms in total. The summed E-state index contributed by atoms with van der Waals surface area (Å²) in [6.45, 7) is 3.32. The third-order valence-corrected chi connectivity index (χ3v) is 6.31. The number of hydrogen-bond acceptors (Lipinski definition) is 6. The lowest BCUT2D eigenvalue weighted by atomic mass is 9.98. The second-order valence-corrected chi connectivity index (χ2v) is 9.04. The smallest absolute Gasteiger partial charge is 0.326 e. The van der Waals surface area contributed by atoms with Crippen LogP contribution in [-0.4, -0.2) is 76.1 Å². The van der Waals surface area contributed by atoms with E-state index in [-0.39, 0.29) is 0 Å². The van der Waals surface area contributed by atoms with E-state index in [1.807, 2.05) is 14.1 Å². The highest BCUT2D eigenvalue weighted by molar-refractivity contribution is 7.92. The Morgan fingerprint density at radius 1 is 1.37 bits per heavy atom. The van der Waals surface area contributed by atoms with Crippen molar-refractivity contribution < 1.29 is 22.7 Å². The number of likely N-dealkylation sites (N-methyl/N-ethyl adjacent to an activating group) is 1. The number of likely N-dealkylation sites (tertiary alicyclic amines) is 1. The summed E-state index contributed by atoms with van der Waals surface area (Å²) in [6.07, 6.45) is 1.60. The van der Waals surface area contributed by atoms with E-state index in [9.17, 15) is 22.7 Å². The number of anilines is 1. The van der Waals surface area contributed by atoms with Crippen molar-refractivity contribution in [1.82, 2.24) is 14.5 Å². The van der Waals surface area contributed by atoms with Crippen molar-refractivity contribution in [3.63, 3.8) is 0 Å². The lowest BCUT2D eigenvalue weighted by molar-refractivity contribution is -0.117. The fourth-order valence-electron chi connectivity index (χ4n) is 3.61. The number of amides is 1. The molecule has 0 spiro atoms. The van der Waals surface area contributed by atoms with Gasteiger partial charge in [-0.1, -0.05) is 0 Å². The number of benzene rings is 1. The zero-order valence-corrected chi connectivity index (χ0v) is 16.3. The third-order valence-electron chi connectivity index (χ3n) is 4.93. The summed E-state index contributed by atoms with van der Waals surface area (Å²) < 4.78 is 40.7. The molecule has 1 aromatic rings. The molecule has 0 saturated carbocycles. The molecule has 0 radical (unpaired) electrons. The molecule has 0 aliphatic carbocycles. The number of carbonyl (C=O) groups is 1. The topological polar surface area (TPSA) is 93.2 Å². The van der Waals surface area contributed by atoms with Crippen LogP contribution in [0.4, 0.5) is 10.1 Å². The number of hydrogen-bond donors (Lipinski definition) is 2. The maximum atomic E-state index is 14.6. The van der Waals surface area contributed by atoms with E-state index in [2.05, 4.69) is 9.80 Å². The molecule has 10 heteroatoms. The van der Waals surface area contributed by atoms with E-state index in [0.717, 1.165) is 32.6 Å². The lowest BCUT2D eigenvalue weighted by Gasteiger charge is -2.20. The molecule has 1 amide bonds. The lowest BCUT2D eigenvalue weighted by Crippen LogP contribution is -2.30. The SMILES string of the molecule is CN(C)CCN1CCC(Cc2cc(O)c(N3CC(=O)NS3(=O)=O)c(F)c2)C1. The first-order valence-electron chi connectivity index (χ1n) is 8.87. The summed E-state index contributed by atoms with van der Waals surface area (Å²) in [5.74, 6) is -1.74. The highest BCUT2D eigenvalue weighted by atomic mass is 32.2. The fraction of sp³-hybridized carbons (Fsp3) is 0.588. The highest BCUT2D eigenvalue weighted by Gasteiger charge is 2.37. The molecule has 2 heterocycles. The van der Waals surface area contributed by atoms with E-state index in [4.69, 9.17) is 0 Å². The van der Waals surface area contributed by atoms with Crippen molar-refractivity contribution >= 4 is 21.8 Å². The van der Waals surface area contributed by atoms with Gasteiger partial charge in [-0.05, 0) is 57.1 Å². The van der Waals surface area contributed by atoms with Crippen molar-refractivity contribution in [3.05, 3.63) is 23.5 Å². The Hall–Kier alpha value is -1.91. The number of aromatic hydroxyl groups is 1. The van der Waals surface area contributed by atoms with Crippen molar-refractivity contribution in [2.45, 2.75) is 12.8 Å². The number of phenolic OH excluding ortho intramolecular Hbond substituents is 1. The Labute approximate surface area is 158 Å². The molecule has 2 aliphatic rings. The monoisotopic (exact) mass is 400 g/mol. The Kier molecular flexibility index (Phi) is 5.59. The van der Waals surface area contributed by atoms with Crippen molar-refractivity contribution in [1.29, 1.82) is 0 Å². The van der Waals surface area contributed by atoms with E-state index in [0.29, 0.717) is 22.2 Å². The fourth-order valence-corrected chi connectivity index (χ4v) is 4.78. The molecule has 27 heavy (non-hydrogen) atoms. The van der Waals surface area contributed by atoms with Gasteiger partial charge < -0.3 is 14.9 Å². The third kappa shape index (κ3) is 4.50. The van der Waals surface area contributed by atoms with Crippen LogP contribution in [0.5, 0.6) is 5.75 Å². The Bertz CT molecular complexity index is 807. The second-order valence-electron chi connectivity index (χ2n) is 7.45. The first-order chi connectivity index (χ1) is 12.7. The Morgan fingerprint density at radius 3 is 2.70 bits per heavy atom. The van der Waals surface area contributed by atoms with Crippen LogP contribution >= 0.6 is 0 Å². The van der Waals surface area contributed by atoms with Gasteiger partial charge in [-0.25, -0.2) is 13.4 Å². The summed E-state index contributed by atoms with van der Waals surface area (Å²) >= 11 is 0. The minimum absolute atomic E-state index is 0.357. The van der Waals surface area contributed by atoms with Crippen molar-refractivity contribution in [2.75, 3.05) is 51.1 Å². The number of halogens is 1. The molecule has 2 fully saturated rings. The van der Waals surface area contributed by atoms with Gasteiger partial charge in [0, 0.05) is 19.6 Å². The van der Waals surface area contributed by atoms with Crippen LogP contribution in [0.1, 0.15) is 12.0 Å². The van der Waals surface area contributed by atoms with E-state index < -0.39 is 39.9 Å². The number of nitrogens with zero attached hydrogens (tertiary/aromatic N) is 3. The first kappa shape index (κ1) is 19.8. The zero-order valence-electron chi connectivity index (χ0n) is 15.5. The van der Waals surface area contributed by atoms with Crippen LogP contribution in [0, 0.1) is 11.7 Å². The van der Waals surface area contributed by atoms with Crippen LogP contribution in [0.3, 0.4) is 0 Å². The molecule has 3 rings (SSSR count). The number of rotatable bonds is 6. The summed E-state index contributed by atoms with van der Waals surface area (Å²) in [5, 5.41) is 10.2. The van der Waals surface area contributed by atoms with Crippen LogP contribution in [0.15, 0.2) is 12.1 Å². The maximum Gasteiger partial charge on any atom is 0.326 e. The molecule has 1 aromatic carbocycles. The van der Waals surface area contributed by atoms with E-state index in [1.54, 1.807) is 4.72 Å². The number of carbonyl (C=O) groups excluding carboxylic acids is 1. The maximum absolute atomic E-state index is 14.6. The van der Waals surface area contributed by atoms with Gasteiger partial charge in [0.15, 0.2) is 5.82 Å². The largest absolute Gasteiger partial charge is 0.506 e. The molecule has 0 bridgehead atoms. The van der Waals surface area contributed by atoms with E-state index >= 15 is 0 Å². The molecule has 0 aromatic heterocycles. The Balaban J connectivity index is 1.70. The molecule has 150 valence electrons. The minimum atomic E-state index is -4.17. The van der Waals surface area contributed by atoms with Crippen molar-refractivity contribution in [2.24, 2.45) is 5.92 Å². The van der Waals surface area contributed by atoms with Crippen LogP contribution in [-0.2, 0) is 21.4 Å². The van der Waals surface area contributed by atoms with Gasteiger partial charge in [-0.3, -0.25) is 4.79 Å². The van der Waals surface area contributed by atoms with Gasteiger partial charge in [0.2, 0.25) is 0 Å². The van der Waals surface area contributed by atoms with Crippen LogP contribution in [0.25, 0.3) is 0 Å². The number of phenols is 1. The second kappa shape index (κ2) is 7.61. The van der Waals surface area contributed by atoms with Gasteiger partial charge in [-0.15, -0.1) is 0 Å². The van der Waals surface area contributed by atoms with Gasteiger partial charge in [0.25, 0.3) is 5.91 Å².